The molecular weight excluding hydrogens is 334 g/mol. The van der Waals surface area contributed by atoms with Gasteiger partial charge < -0.3 is 31.2 Å². The Morgan fingerprint density at radius 2 is 2.08 bits per heavy atom. The van der Waals surface area contributed by atoms with Crippen LogP contribution in [0.4, 0.5) is 0 Å². The minimum atomic E-state index is -1.35. The Labute approximate surface area is 143 Å². The molecule has 11 heteroatoms. The van der Waals surface area contributed by atoms with E-state index in [0.29, 0.717) is 6.42 Å². The van der Waals surface area contributed by atoms with E-state index in [4.69, 9.17) is 20.9 Å². The molecule has 1 aliphatic heterocycles. The molecule has 25 heavy (non-hydrogen) atoms. The second-order valence-electron chi connectivity index (χ2n) is 6.32. The number of hydrogen-bond donors (Lipinski definition) is 4. The smallest absolute Gasteiger partial charge is 0.323 e. The number of primary amides is 1. The number of aliphatic hydroxyl groups excluding tert-OH is 2. The minimum Gasteiger partial charge on any atom is -0.462 e. The van der Waals surface area contributed by atoms with Gasteiger partial charge in [0, 0.05) is 0 Å². The molecule has 6 N–H and O–H groups in total. The van der Waals surface area contributed by atoms with Crippen molar-refractivity contribution < 1.29 is 29.3 Å². The molecule has 0 bridgehead atoms. The maximum absolute atomic E-state index is 11.8. The Hall–Kier alpha value is -2.08. The normalized spacial score (nSPS) is 27.4. The number of nitrogens with two attached hydrogens (primary N) is 2. The second kappa shape index (κ2) is 7.87. The first-order valence-electron chi connectivity index (χ1n) is 7.85. The van der Waals surface area contributed by atoms with Crippen molar-refractivity contribution in [1.82, 2.24) is 14.8 Å². The minimum absolute atomic E-state index is 0.230. The third-order valence-corrected chi connectivity index (χ3v) is 3.74. The van der Waals surface area contributed by atoms with Gasteiger partial charge in [-0.2, -0.15) is 0 Å². The van der Waals surface area contributed by atoms with Gasteiger partial charge in [-0.3, -0.25) is 9.59 Å². The lowest BCUT2D eigenvalue weighted by Crippen LogP contribution is -2.38. The molecule has 11 nitrogen and oxygen atoms in total. The second-order valence-corrected chi connectivity index (χ2v) is 6.32. The molecule has 0 unspecified atom stereocenters. The SMILES string of the molecule is CC(C)C[C@H](N)C(=O)OC[C@@H]1O[C@H](n2cnc(C(N)=O)n2)[C@@H](O)[C@H]1O. The summed E-state index contributed by atoms with van der Waals surface area (Å²) in [6.07, 6.45) is -3.13. The number of carbonyl (C=O) groups excluding carboxylic acids is 2. The van der Waals surface area contributed by atoms with Gasteiger partial charge in [-0.25, -0.2) is 9.67 Å². The zero-order valence-corrected chi connectivity index (χ0v) is 14.0. The molecule has 0 saturated carbocycles. The summed E-state index contributed by atoms with van der Waals surface area (Å²) in [5.41, 5.74) is 10.8. The first kappa shape index (κ1) is 19.2. The van der Waals surface area contributed by atoms with Crippen molar-refractivity contribution in [1.29, 1.82) is 0 Å². The lowest BCUT2D eigenvalue weighted by Gasteiger charge is -2.17. The maximum Gasteiger partial charge on any atom is 0.323 e. The molecule has 1 aromatic heterocycles. The maximum atomic E-state index is 11.8. The molecule has 1 aromatic rings. The predicted molar refractivity (Wildman–Crippen MR) is 82.9 cm³/mol. The Bertz CT molecular complexity index is 621. The van der Waals surface area contributed by atoms with E-state index in [2.05, 4.69) is 10.1 Å². The van der Waals surface area contributed by atoms with Crippen LogP contribution in [0.15, 0.2) is 6.33 Å². The first-order valence-corrected chi connectivity index (χ1v) is 7.85. The molecule has 2 heterocycles. The third kappa shape index (κ3) is 4.51. The van der Waals surface area contributed by atoms with Crippen LogP contribution in [0.3, 0.4) is 0 Å². The van der Waals surface area contributed by atoms with Gasteiger partial charge in [-0.1, -0.05) is 13.8 Å². The van der Waals surface area contributed by atoms with Gasteiger partial charge in [0.2, 0.25) is 5.82 Å². The number of ether oxygens (including phenoxy) is 2. The molecule has 1 amide bonds. The Morgan fingerprint density at radius 1 is 1.40 bits per heavy atom. The van der Waals surface area contributed by atoms with Crippen molar-refractivity contribution in [3.8, 4) is 0 Å². The molecule has 0 radical (unpaired) electrons. The van der Waals surface area contributed by atoms with Crippen LogP contribution < -0.4 is 11.5 Å². The van der Waals surface area contributed by atoms with Crippen LogP contribution in [-0.2, 0) is 14.3 Å². The van der Waals surface area contributed by atoms with Gasteiger partial charge in [0.15, 0.2) is 6.23 Å². The number of amides is 1. The monoisotopic (exact) mass is 357 g/mol. The van der Waals surface area contributed by atoms with E-state index in [1.807, 2.05) is 13.8 Å². The van der Waals surface area contributed by atoms with Crippen molar-refractivity contribution in [2.24, 2.45) is 17.4 Å². The molecule has 0 spiro atoms. The number of aliphatic hydroxyl groups is 2. The topological polar surface area (TPSA) is 176 Å². The zero-order valence-electron chi connectivity index (χ0n) is 14.0. The number of carbonyl (C=O) groups is 2. The largest absolute Gasteiger partial charge is 0.462 e. The van der Waals surface area contributed by atoms with Gasteiger partial charge >= 0.3 is 5.97 Å². The van der Waals surface area contributed by atoms with Gasteiger partial charge in [-0.15, -0.1) is 5.10 Å². The highest BCUT2D eigenvalue weighted by atomic mass is 16.6. The molecule has 1 fully saturated rings. The van der Waals surface area contributed by atoms with Crippen LogP contribution >= 0.6 is 0 Å². The molecule has 0 aromatic carbocycles. The number of esters is 1. The first-order chi connectivity index (χ1) is 11.7. The highest BCUT2D eigenvalue weighted by Gasteiger charge is 2.45. The fourth-order valence-electron chi connectivity index (χ4n) is 2.47. The number of nitrogens with zero attached hydrogens (tertiary/aromatic N) is 3. The number of hydrogen-bond acceptors (Lipinski definition) is 9. The van der Waals surface area contributed by atoms with Crippen LogP contribution in [0.5, 0.6) is 0 Å². The quantitative estimate of drug-likeness (QED) is 0.399. The highest BCUT2D eigenvalue weighted by molar-refractivity contribution is 5.88. The predicted octanol–water partition coefficient (Wildman–Crippen LogP) is -2.09. The Morgan fingerprint density at radius 3 is 2.64 bits per heavy atom. The Balaban J connectivity index is 1.95. The van der Waals surface area contributed by atoms with Crippen molar-refractivity contribution in [2.75, 3.05) is 6.61 Å². The van der Waals surface area contributed by atoms with Gasteiger partial charge in [0.1, 0.15) is 37.3 Å². The van der Waals surface area contributed by atoms with E-state index in [1.54, 1.807) is 0 Å². The average molecular weight is 357 g/mol. The summed E-state index contributed by atoms with van der Waals surface area (Å²) < 4.78 is 11.6. The molecule has 2 rings (SSSR count). The van der Waals surface area contributed by atoms with Gasteiger partial charge in [0.05, 0.1) is 0 Å². The van der Waals surface area contributed by atoms with Crippen molar-refractivity contribution >= 4 is 11.9 Å². The number of rotatable bonds is 7. The highest BCUT2D eigenvalue weighted by Crippen LogP contribution is 2.29. The van der Waals surface area contributed by atoms with E-state index < -0.39 is 42.5 Å². The molecule has 5 atom stereocenters. The Kier molecular flexibility index (Phi) is 6.06. The summed E-state index contributed by atoms with van der Waals surface area (Å²) >= 11 is 0. The molecule has 1 saturated heterocycles. The van der Waals surface area contributed by atoms with Crippen LogP contribution in [0.25, 0.3) is 0 Å². The van der Waals surface area contributed by atoms with E-state index in [0.717, 1.165) is 11.0 Å². The van der Waals surface area contributed by atoms with Crippen LogP contribution in [-0.4, -0.2) is 67.8 Å². The van der Waals surface area contributed by atoms with E-state index in [-0.39, 0.29) is 18.3 Å². The van der Waals surface area contributed by atoms with E-state index >= 15 is 0 Å². The van der Waals surface area contributed by atoms with Crippen molar-refractivity contribution in [3.63, 3.8) is 0 Å². The average Bonchev–Trinajstić information content (AvgIpc) is 3.11. The summed E-state index contributed by atoms with van der Waals surface area (Å²) in [7, 11) is 0. The molecular formula is C14H23N5O6. The molecule has 1 aliphatic rings. The van der Waals surface area contributed by atoms with Crippen molar-refractivity contribution in [3.05, 3.63) is 12.2 Å². The zero-order chi connectivity index (χ0) is 18.7. The molecule has 140 valence electrons. The fraction of sp³-hybridized carbons (Fsp3) is 0.714. The van der Waals surface area contributed by atoms with Crippen LogP contribution in [0, 0.1) is 5.92 Å². The fourth-order valence-corrected chi connectivity index (χ4v) is 2.47. The summed E-state index contributed by atoms with van der Waals surface area (Å²) in [6, 6.07) is -0.771. The molecule has 0 aliphatic carbocycles. The van der Waals surface area contributed by atoms with E-state index in [9.17, 15) is 19.8 Å². The van der Waals surface area contributed by atoms with Crippen LogP contribution in [0.2, 0.25) is 0 Å². The summed E-state index contributed by atoms with van der Waals surface area (Å²) in [5.74, 6) is -1.47. The summed E-state index contributed by atoms with van der Waals surface area (Å²) in [4.78, 5) is 26.5. The van der Waals surface area contributed by atoms with Crippen LogP contribution in [0.1, 0.15) is 37.1 Å². The van der Waals surface area contributed by atoms with Gasteiger partial charge in [-0.05, 0) is 12.3 Å². The number of aromatic nitrogens is 3. The summed E-state index contributed by atoms with van der Waals surface area (Å²) in [5, 5.41) is 23.9. The van der Waals surface area contributed by atoms with Crippen molar-refractivity contribution in [2.45, 2.75) is 50.8 Å². The summed E-state index contributed by atoms with van der Waals surface area (Å²) in [6.45, 7) is 3.57. The van der Waals surface area contributed by atoms with E-state index in [1.165, 1.54) is 0 Å². The lowest BCUT2D eigenvalue weighted by atomic mass is 10.1. The van der Waals surface area contributed by atoms with Gasteiger partial charge in [0.25, 0.3) is 5.91 Å². The third-order valence-electron chi connectivity index (χ3n) is 3.74. The standard InChI is InChI=1S/C14H23N5O6/c1-6(2)3-7(15)14(23)24-4-8-9(20)10(21)13(25-8)19-5-17-12(18-19)11(16)22/h5-10,13,20-21H,3-4,15H2,1-2H3,(H2,16,22)/t7-,8-,9-,10-,13-/m0/s1. The lowest BCUT2D eigenvalue weighted by molar-refractivity contribution is -0.152.